The average Bonchev–Trinajstić information content (AvgIpc) is 2.28. The van der Waals surface area contributed by atoms with Crippen LogP contribution in [0, 0.1) is 0 Å². The molecule has 0 fully saturated rings. The van der Waals surface area contributed by atoms with E-state index in [0.717, 1.165) is 5.56 Å². The molecule has 0 radical (unpaired) electrons. The molecule has 2 aromatic rings. The van der Waals surface area contributed by atoms with Gasteiger partial charge < -0.3 is 5.11 Å². The van der Waals surface area contributed by atoms with E-state index in [0.29, 0.717) is 11.0 Å². The van der Waals surface area contributed by atoms with Gasteiger partial charge in [0, 0.05) is 6.20 Å². The van der Waals surface area contributed by atoms with Gasteiger partial charge in [0.25, 0.3) is 5.56 Å². The number of rotatable bonds is 2. The zero-order valence-corrected chi connectivity index (χ0v) is 9.89. The van der Waals surface area contributed by atoms with Crippen molar-refractivity contribution in [2.75, 3.05) is 0 Å². The molecule has 0 unspecified atom stereocenters. The van der Waals surface area contributed by atoms with Gasteiger partial charge in [-0.1, -0.05) is 12.1 Å². The molecule has 0 saturated carbocycles. The van der Waals surface area contributed by atoms with Crippen molar-refractivity contribution < 1.29 is 5.11 Å². The first-order valence-corrected chi connectivity index (χ1v) is 5.44. The quantitative estimate of drug-likeness (QED) is 0.912. The van der Waals surface area contributed by atoms with E-state index in [2.05, 4.69) is 20.9 Å². The maximum absolute atomic E-state index is 11.7. The summed E-state index contributed by atoms with van der Waals surface area (Å²) in [5.74, 6) is 0.212. The first-order valence-electron chi connectivity index (χ1n) is 4.64. The molecule has 0 bridgehead atoms. The molecule has 2 rings (SSSR count). The summed E-state index contributed by atoms with van der Waals surface area (Å²) in [5.41, 5.74) is 0.808. The van der Waals surface area contributed by atoms with Crippen molar-refractivity contribution in [2.45, 2.75) is 6.54 Å². The Morgan fingerprint density at radius 1 is 1.31 bits per heavy atom. The lowest BCUT2D eigenvalue weighted by Gasteiger charge is -2.05. The summed E-state index contributed by atoms with van der Waals surface area (Å²) in [6.45, 7) is 0.436. The van der Waals surface area contributed by atoms with Crippen molar-refractivity contribution >= 4 is 15.9 Å². The van der Waals surface area contributed by atoms with E-state index in [4.69, 9.17) is 5.11 Å². The van der Waals surface area contributed by atoms with Gasteiger partial charge in [-0.25, -0.2) is 4.98 Å². The fourth-order valence-corrected chi connectivity index (χ4v) is 1.68. The summed E-state index contributed by atoms with van der Waals surface area (Å²) in [6, 6.07) is 6.71. The van der Waals surface area contributed by atoms with Crippen molar-refractivity contribution in [2.24, 2.45) is 0 Å². The highest BCUT2D eigenvalue weighted by molar-refractivity contribution is 9.10. The topological polar surface area (TPSA) is 55.1 Å². The normalized spacial score (nSPS) is 10.3. The highest BCUT2D eigenvalue weighted by Gasteiger charge is 2.01. The largest absolute Gasteiger partial charge is 0.508 e. The fourth-order valence-electron chi connectivity index (χ4n) is 1.33. The van der Waals surface area contributed by atoms with Crippen molar-refractivity contribution in [3.8, 4) is 5.75 Å². The van der Waals surface area contributed by atoms with E-state index in [1.807, 2.05) is 0 Å². The van der Waals surface area contributed by atoms with Crippen LogP contribution in [0.25, 0.3) is 0 Å². The molecule has 0 amide bonds. The number of aromatic hydroxyl groups is 1. The Morgan fingerprint density at radius 3 is 2.69 bits per heavy atom. The van der Waals surface area contributed by atoms with Crippen molar-refractivity contribution in [3.63, 3.8) is 0 Å². The number of nitrogens with zero attached hydrogens (tertiary/aromatic N) is 2. The second-order valence-electron chi connectivity index (χ2n) is 3.34. The third-order valence-corrected chi connectivity index (χ3v) is 2.69. The first kappa shape index (κ1) is 10.9. The third kappa shape index (κ3) is 2.30. The van der Waals surface area contributed by atoms with Crippen LogP contribution < -0.4 is 5.56 Å². The molecule has 4 nitrogen and oxygen atoms in total. The van der Waals surface area contributed by atoms with Gasteiger partial charge in [0.2, 0.25) is 0 Å². The number of hydrogen-bond donors (Lipinski definition) is 1. The number of halogens is 1. The van der Waals surface area contributed by atoms with Crippen LogP contribution in [-0.4, -0.2) is 14.7 Å². The monoisotopic (exact) mass is 280 g/mol. The van der Waals surface area contributed by atoms with E-state index in [1.165, 1.54) is 17.1 Å². The predicted molar refractivity (Wildman–Crippen MR) is 63.4 cm³/mol. The zero-order chi connectivity index (χ0) is 11.5. The molecular weight excluding hydrogens is 272 g/mol. The molecule has 1 aromatic heterocycles. The van der Waals surface area contributed by atoms with E-state index in [-0.39, 0.29) is 11.3 Å². The molecule has 0 saturated heterocycles. The molecule has 0 aliphatic rings. The van der Waals surface area contributed by atoms with Crippen molar-refractivity contribution in [1.82, 2.24) is 9.55 Å². The number of hydrogen-bond acceptors (Lipinski definition) is 3. The van der Waals surface area contributed by atoms with Gasteiger partial charge in [-0.15, -0.1) is 0 Å². The second kappa shape index (κ2) is 4.49. The van der Waals surface area contributed by atoms with Crippen LogP contribution in [0.3, 0.4) is 0 Å². The summed E-state index contributed by atoms with van der Waals surface area (Å²) in [4.78, 5) is 15.6. The molecule has 0 aliphatic carbocycles. The van der Waals surface area contributed by atoms with Crippen molar-refractivity contribution in [3.05, 3.63) is 57.2 Å². The molecule has 1 aromatic carbocycles. The summed E-state index contributed by atoms with van der Waals surface area (Å²) < 4.78 is 1.94. The SMILES string of the molecule is O=c1c(Br)cncn1Cc1ccc(O)cc1. The van der Waals surface area contributed by atoms with Gasteiger partial charge in [-0.05, 0) is 33.6 Å². The van der Waals surface area contributed by atoms with E-state index >= 15 is 0 Å². The first-order chi connectivity index (χ1) is 7.66. The third-order valence-electron chi connectivity index (χ3n) is 2.15. The highest BCUT2D eigenvalue weighted by Crippen LogP contribution is 2.10. The van der Waals surface area contributed by atoms with Crippen LogP contribution in [0.5, 0.6) is 5.75 Å². The maximum atomic E-state index is 11.7. The zero-order valence-electron chi connectivity index (χ0n) is 8.30. The van der Waals surface area contributed by atoms with E-state index in [9.17, 15) is 4.79 Å². The Bertz CT molecular complexity index is 549. The lowest BCUT2D eigenvalue weighted by atomic mass is 10.2. The minimum atomic E-state index is -0.122. The second-order valence-corrected chi connectivity index (χ2v) is 4.20. The Hall–Kier alpha value is -1.62. The standard InChI is InChI=1S/C11H9BrN2O2/c12-10-5-13-7-14(11(10)16)6-8-1-3-9(15)4-2-8/h1-5,7,15H,6H2. The summed E-state index contributed by atoms with van der Waals surface area (Å²) in [5, 5.41) is 9.13. The van der Waals surface area contributed by atoms with Gasteiger partial charge in [0.15, 0.2) is 0 Å². The number of aromatic nitrogens is 2. The van der Waals surface area contributed by atoms with Crippen LogP contribution in [-0.2, 0) is 6.54 Å². The molecule has 1 N–H and O–H groups in total. The van der Waals surface area contributed by atoms with Gasteiger partial charge >= 0.3 is 0 Å². The van der Waals surface area contributed by atoms with Gasteiger partial charge in [-0.3, -0.25) is 9.36 Å². The molecular formula is C11H9BrN2O2. The van der Waals surface area contributed by atoms with E-state index < -0.39 is 0 Å². The Labute approximate surface area is 100 Å². The van der Waals surface area contributed by atoms with Crippen molar-refractivity contribution in [1.29, 1.82) is 0 Å². The maximum Gasteiger partial charge on any atom is 0.267 e. The fraction of sp³-hybridized carbons (Fsp3) is 0.0909. The molecule has 16 heavy (non-hydrogen) atoms. The Balaban J connectivity index is 2.31. The van der Waals surface area contributed by atoms with Gasteiger partial charge in [0.1, 0.15) is 10.2 Å². The molecule has 1 heterocycles. The highest BCUT2D eigenvalue weighted by atomic mass is 79.9. The Morgan fingerprint density at radius 2 is 2.00 bits per heavy atom. The average molecular weight is 281 g/mol. The van der Waals surface area contributed by atoms with Crippen LogP contribution in [0.2, 0.25) is 0 Å². The van der Waals surface area contributed by atoms with Crippen LogP contribution in [0.1, 0.15) is 5.56 Å². The Kier molecular flexibility index (Phi) is 3.05. The van der Waals surface area contributed by atoms with Crippen LogP contribution in [0.15, 0.2) is 46.1 Å². The number of phenols is 1. The lowest BCUT2D eigenvalue weighted by Crippen LogP contribution is -2.21. The molecule has 0 spiro atoms. The summed E-state index contributed by atoms with van der Waals surface area (Å²) in [6.07, 6.45) is 2.95. The lowest BCUT2D eigenvalue weighted by molar-refractivity contribution is 0.475. The molecule has 0 aliphatic heterocycles. The predicted octanol–water partition coefficient (Wildman–Crippen LogP) is 1.76. The van der Waals surface area contributed by atoms with Crippen LogP contribution >= 0.6 is 15.9 Å². The van der Waals surface area contributed by atoms with Gasteiger partial charge in [0.05, 0.1) is 12.9 Å². The van der Waals surface area contributed by atoms with E-state index in [1.54, 1.807) is 24.3 Å². The molecule has 5 heteroatoms. The summed E-state index contributed by atoms with van der Waals surface area (Å²) >= 11 is 3.14. The number of phenolic OH excluding ortho intramolecular Hbond substituents is 1. The smallest absolute Gasteiger partial charge is 0.267 e. The molecule has 0 atom stereocenters. The minimum absolute atomic E-state index is 0.122. The van der Waals surface area contributed by atoms with Crippen LogP contribution in [0.4, 0.5) is 0 Å². The summed E-state index contributed by atoms with van der Waals surface area (Å²) in [7, 11) is 0. The molecule has 82 valence electrons. The van der Waals surface area contributed by atoms with Gasteiger partial charge in [-0.2, -0.15) is 0 Å². The number of benzene rings is 1. The minimum Gasteiger partial charge on any atom is -0.508 e.